The second-order valence-electron chi connectivity index (χ2n) is 6.28. The molecule has 0 unspecified atom stereocenters. The molecule has 0 aliphatic carbocycles. The van der Waals surface area contributed by atoms with Crippen molar-refractivity contribution in [3.8, 4) is 0 Å². The average molecular weight is 399 g/mol. The highest BCUT2D eigenvalue weighted by Gasteiger charge is 2.38. The van der Waals surface area contributed by atoms with Gasteiger partial charge in [0.1, 0.15) is 0 Å². The third kappa shape index (κ3) is 5.32. The van der Waals surface area contributed by atoms with Crippen molar-refractivity contribution in [1.82, 2.24) is 15.2 Å². The quantitative estimate of drug-likeness (QED) is 0.729. The van der Waals surface area contributed by atoms with E-state index in [1.807, 2.05) is 24.3 Å². The number of para-hydroxylation sites is 1. The number of aliphatic carboxylic acids is 1. The number of fused-ring (bicyclic) bond motifs is 1. The molecule has 7 nitrogen and oxygen atoms in total. The molecule has 0 spiro atoms. The van der Waals surface area contributed by atoms with Gasteiger partial charge in [-0.15, -0.1) is 0 Å². The minimum atomic E-state index is -5.08. The van der Waals surface area contributed by atoms with Crippen molar-refractivity contribution in [2.45, 2.75) is 25.1 Å². The van der Waals surface area contributed by atoms with Gasteiger partial charge in [0, 0.05) is 31.1 Å². The Morgan fingerprint density at radius 2 is 1.96 bits per heavy atom. The normalized spacial score (nSPS) is 16.4. The summed E-state index contributed by atoms with van der Waals surface area (Å²) in [5.74, 6) is -2.94. The van der Waals surface area contributed by atoms with Crippen molar-refractivity contribution in [3.05, 3.63) is 46.2 Å². The van der Waals surface area contributed by atoms with E-state index in [1.165, 1.54) is 6.07 Å². The Balaban J connectivity index is 0.000000345. The van der Waals surface area contributed by atoms with Crippen LogP contribution < -0.4 is 16.2 Å². The fourth-order valence-corrected chi connectivity index (χ4v) is 2.84. The van der Waals surface area contributed by atoms with Crippen molar-refractivity contribution in [1.29, 1.82) is 0 Å². The van der Waals surface area contributed by atoms with Gasteiger partial charge in [0.05, 0.1) is 11.1 Å². The number of carboxylic acid groups (broad SMARTS) is 1. The molecule has 1 amide bonds. The lowest BCUT2D eigenvalue weighted by Crippen LogP contribution is -2.37. The molecule has 1 atom stereocenters. The first kappa shape index (κ1) is 21.4. The van der Waals surface area contributed by atoms with E-state index in [0.717, 1.165) is 30.3 Å². The maximum Gasteiger partial charge on any atom is 0.490 e. The van der Waals surface area contributed by atoms with E-state index in [9.17, 15) is 22.8 Å². The van der Waals surface area contributed by atoms with Gasteiger partial charge in [0.2, 0.25) is 0 Å². The molecule has 2 heterocycles. The number of halogens is 3. The molecule has 1 aromatic carbocycles. The Morgan fingerprint density at radius 1 is 1.32 bits per heavy atom. The van der Waals surface area contributed by atoms with Gasteiger partial charge in [-0.25, -0.2) is 4.79 Å². The molecule has 1 aromatic heterocycles. The summed E-state index contributed by atoms with van der Waals surface area (Å²) in [7, 11) is 1.72. The van der Waals surface area contributed by atoms with E-state index < -0.39 is 12.1 Å². The molecule has 1 saturated heterocycles. The average Bonchev–Trinajstić information content (AvgIpc) is 3.16. The van der Waals surface area contributed by atoms with Gasteiger partial charge in [-0.1, -0.05) is 18.2 Å². The van der Waals surface area contributed by atoms with E-state index >= 15 is 0 Å². The number of nitrogens with zero attached hydrogens (tertiary/aromatic N) is 1. The molecular weight excluding hydrogens is 379 g/mol. The van der Waals surface area contributed by atoms with E-state index in [1.54, 1.807) is 11.6 Å². The number of carboxylic acids is 1. The van der Waals surface area contributed by atoms with Crippen molar-refractivity contribution >= 4 is 22.8 Å². The van der Waals surface area contributed by atoms with E-state index in [-0.39, 0.29) is 11.5 Å². The summed E-state index contributed by atoms with van der Waals surface area (Å²) in [6.45, 7) is 1.61. The highest BCUT2D eigenvalue weighted by atomic mass is 19.4. The van der Waals surface area contributed by atoms with Crippen LogP contribution in [0, 0.1) is 0 Å². The van der Waals surface area contributed by atoms with Gasteiger partial charge in [0.25, 0.3) is 11.5 Å². The molecule has 10 heteroatoms. The second kappa shape index (κ2) is 8.87. The third-order valence-corrected chi connectivity index (χ3v) is 4.31. The zero-order chi connectivity index (χ0) is 20.9. The van der Waals surface area contributed by atoms with Crippen molar-refractivity contribution in [3.63, 3.8) is 0 Å². The number of carbonyl (C=O) groups excluding carboxylic acids is 1. The molecule has 2 aromatic rings. The SMILES string of the molecule is Cn1c(=O)cc(C(=O)NC[C@@H]2CCCN2)c2ccccc21.O=C(O)C(F)(F)F. The summed E-state index contributed by atoms with van der Waals surface area (Å²) in [6, 6.07) is 9.23. The number of carbonyl (C=O) groups is 2. The number of benzene rings is 1. The van der Waals surface area contributed by atoms with Crippen LogP contribution in [0.5, 0.6) is 0 Å². The van der Waals surface area contributed by atoms with Crippen molar-refractivity contribution < 1.29 is 27.9 Å². The third-order valence-electron chi connectivity index (χ3n) is 4.31. The first-order valence-corrected chi connectivity index (χ1v) is 8.51. The number of rotatable bonds is 3. The van der Waals surface area contributed by atoms with E-state index in [2.05, 4.69) is 10.6 Å². The summed E-state index contributed by atoms with van der Waals surface area (Å²) in [5, 5.41) is 14.2. The number of nitrogens with one attached hydrogen (secondary N) is 2. The smallest absolute Gasteiger partial charge is 0.475 e. The van der Waals surface area contributed by atoms with Crippen LogP contribution in [-0.4, -0.2) is 46.9 Å². The second-order valence-corrected chi connectivity index (χ2v) is 6.28. The first-order chi connectivity index (χ1) is 13.1. The Hall–Kier alpha value is -2.88. The summed E-state index contributed by atoms with van der Waals surface area (Å²) in [6.07, 6.45) is -2.85. The van der Waals surface area contributed by atoms with E-state index in [4.69, 9.17) is 9.90 Å². The number of aryl methyl sites for hydroxylation is 1. The number of aromatic nitrogens is 1. The predicted octanol–water partition coefficient (Wildman–Crippen LogP) is 1.65. The van der Waals surface area contributed by atoms with Crippen LogP contribution in [0.15, 0.2) is 35.1 Å². The molecule has 28 heavy (non-hydrogen) atoms. The molecule has 152 valence electrons. The van der Waals surface area contributed by atoms with Crippen LogP contribution in [0.4, 0.5) is 13.2 Å². The van der Waals surface area contributed by atoms with Crippen LogP contribution in [0.25, 0.3) is 10.9 Å². The van der Waals surface area contributed by atoms with Crippen LogP contribution in [0.3, 0.4) is 0 Å². The fourth-order valence-electron chi connectivity index (χ4n) is 2.84. The van der Waals surface area contributed by atoms with Crippen LogP contribution in [0.1, 0.15) is 23.2 Å². The first-order valence-electron chi connectivity index (χ1n) is 8.51. The lowest BCUT2D eigenvalue weighted by molar-refractivity contribution is -0.192. The molecule has 3 N–H and O–H groups in total. The summed E-state index contributed by atoms with van der Waals surface area (Å²) in [4.78, 5) is 33.3. The van der Waals surface area contributed by atoms with Gasteiger partial charge in [-0.2, -0.15) is 13.2 Å². The summed E-state index contributed by atoms with van der Waals surface area (Å²) in [5.41, 5.74) is 1.05. The number of alkyl halides is 3. The van der Waals surface area contributed by atoms with Crippen LogP contribution >= 0.6 is 0 Å². The lowest BCUT2D eigenvalue weighted by Gasteiger charge is -2.13. The Morgan fingerprint density at radius 3 is 2.54 bits per heavy atom. The largest absolute Gasteiger partial charge is 0.490 e. The standard InChI is InChI=1S/C16H19N3O2.C2HF3O2/c1-19-14-7-3-2-6-12(14)13(9-15(19)20)16(21)18-10-11-5-4-8-17-11;3-2(4,5)1(6)7/h2-3,6-7,9,11,17H,4-5,8,10H2,1H3,(H,18,21);(H,6,7)/t11-;/m0./s1. The summed E-state index contributed by atoms with van der Waals surface area (Å²) >= 11 is 0. The lowest BCUT2D eigenvalue weighted by atomic mass is 10.1. The van der Waals surface area contributed by atoms with E-state index in [0.29, 0.717) is 18.2 Å². The fraction of sp³-hybridized carbons (Fsp3) is 0.389. The van der Waals surface area contributed by atoms with Gasteiger partial charge in [-0.05, 0) is 25.5 Å². The van der Waals surface area contributed by atoms with Gasteiger partial charge in [0.15, 0.2) is 0 Å². The van der Waals surface area contributed by atoms with Gasteiger partial charge < -0.3 is 20.3 Å². The molecular formula is C18H20F3N3O4. The molecule has 0 saturated carbocycles. The van der Waals surface area contributed by atoms with Crippen LogP contribution in [-0.2, 0) is 11.8 Å². The summed E-state index contributed by atoms with van der Waals surface area (Å²) < 4.78 is 33.3. The Labute approximate surface area is 158 Å². The maximum atomic E-state index is 12.4. The number of pyridine rings is 1. The topological polar surface area (TPSA) is 100 Å². The maximum absolute atomic E-state index is 12.4. The molecule has 0 bridgehead atoms. The van der Waals surface area contributed by atoms with Crippen LogP contribution in [0.2, 0.25) is 0 Å². The zero-order valence-electron chi connectivity index (χ0n) is 15.0. The Bertz CT molecular complexity index is 918. The molecule has 0 radical (unpaired) electrons. The minimum Gasteiger partial charge on any atom is -0.475 e. The number of amides is 1. The van der Waals surface area contributed by atoms with Crippen molar-refractivity contribution in [2.24, 2.45) is 7.05 Å². The monoisotopic (exact) mass is 399 g/mol. The van der Waals surface area contributed by atoms with Gasteiger partial charge >= 0.3 is 12.1 Å². The van der Waals surface area contributed by atoms with Crippen molar-refractivity contribution in [2.75, 3.05) is 13.1 Å². The molecule has 1 aliphatic heterocycles. The highest BCUT2D eigenvalue weighted by Crippen LogP contribution is 2.16. The number of hydrogen-bond acceptors (Lipinski definition) is 4. The minimum absolute atomic E-state index is 0.169. The Kier molecular flexibility index (Phi) is 6.79. The molecule has 3 rings (SSSR count). The predicted molar refractivity (Wildman–Crippen MR) is 96.2 cm³/mol. The highest BCUT2D eigenvalue weighted by molar-refractivity contribution is 6.06. The van der Waals surface area contributed by atoms with Gasteiger partial charge in [-0.3, -0.25) is 9.59 Å². The number of hydrogen-bond donors (Lipinski definition) is 3. The molecule has 1 aliphatic rings. The zero-order valence-corrected chi connectivity index (χ0v) is 15.0. The molecule has 1 fully saturated rings.